The van der Waals surface area contributed by atoms with Crippen LogP contribution in [0.15, 0.2) is 12.1 Å². The van der Waals surface area contributed by atoms with Gasteiger partial charge in [-0.15, -0.1) is 0 Å². The highest BCUT2D eigenvalue weighted by atomic mass is 19.4. The number of aromatic hydroxyl groups is 1. The highest BCUT2D eigenvalue weighted by Gasteiger charge is 2.42. The molecule has 1 amide bonds. The van der Waals surface area contributed by atoms with Gasteiger partial charge < -0.3 is 10.0 Å². The first-order valence-corrected chi connectivity index (χ1v) is 5.96. The van der Waals surface area contributed by atoms with Crippen molar-refractivity contribution in [2.45, 2.75) is 25.9 Å². The normalized spacial score (nSPS) is 15.9. The van der Waals surface area contributed by atoms with Crippen LogP contribution >= 0.6 is 0 Å². The molecule has 0 unspecified atom stereocenters. The zero-order valence-corrected chi connectivity index (χ0v) is 10.4. The molecule has 1 aliphatic rings. The first kappa shape index (κ1) is 13.7. The van der Waals surface area contributed by atoms with Gasteiger partial charge in [0.15, 0.2) is 0 Å². The van der Waals surface area contributed by atoms with E-state index in [2.05, 4.69) is 0 Å². The SMILES string of the molecule is Cc1cc2c(cc1O)CCN(C(=O)C(F)(F)F)CC2. The summed E-state index contributed by atoms with van der Waals surface area (Å²) >= 11 is 0. The molecular weight excluding hydrogens is 259 g/mol. The predicted molar refractivity (Wildman–Crippen MR) is 62.9 cm³/mol. The largest absolute Gasteiger partial charge is 0.508 e. The van der Waals surface area contributed by atoms with E-state index < -0.39 is 12.1 Å². The van der Waals surface area contributed by atoms with E-state index >= 15 is 0 Å². The van der Waals surface area contributed by atoms with Crippen molar-refractivity contribution in [3.8, 4) is 5.75 Å². The molecule has 0 bridgehead atoms. The van der Waals surface area contributed by atoms with Crippen LogP contribution in [-0.2, 0) is 17.6 Å². The minimum atomic E-state index is -4.82. The van der Waals surface area contributed by atoms with Gasteiger partial charge in [-0.3, -0.25) is 4.79 Å². The zero-order chi connectivity index (χ0) is 14.2. The number of alkyl halides is 3. The van der Waals surface area contributed by atoms with Crippen molar-refractivity contribution in [1.82, 2.24) is 4.90 Å². The molecule has 3 nitrogen and oxygen atoms in total. The first-order chi connectivity index (χ1) is 8.79. The summed E-state index contributed by atoms with van der Waals surface area (Å²) in [4.78, 5) is 12.0. The van der Waals surface area contributed by atoms with Gasteiger partial charge in [-0.2, -0.15) is 13.2 Å². The lowest BCUT2D eigenvalue weighted by Gasteiger charge is -2.21. The van der Waals surface area contributed by atoms with Crippen LogP contribution in [0.1, 0.15) is 16.7 Å². The third-order valence-electron chi connectivity index (χ3n) is 3.35. The molecule has 0 saturated carbocycles. The van der Waals surface area contributed by atoms with Gasteiger partial charge in [0.25, 0.3) is 0 Å². The Kier molecular flexibility index (Phi) is 3.43. The lowest BCUT2D eigenvalue weighted by atomic mass is 10.00. The number of phenols is 1. The van der Waals surface area contributed by atoms with E-state index in [1.807, 2.05) is 0 Å². The molecule has 0 aromatic heterocycles. The summed E-state index contributed by atoms with van der Waals surface area (Å²) < 4.78 is 37.2. The van der Waals surface area contributed by atoms with Gasteiger partial charge in [-0.05, 0) is 42.5 Å². The van der Waals surface area contributed by atoms with Gasteiger partial charge in [0, 0.05) is 13.1 Å². The van der Waals surface area contributed by atoms with E-state index in [-0.39, 0.29) is 18.8 Å². The number of nitrogens with zero attached hydrogens (tertiary/aromatic N) is 1. The molecule has 0 aliphatic carbocycles. The molecule has 2 rings (SSSR count). The highest BCUT2D eigenvalue weighted by molar-refractivity contribution is 5.82. The Bertz CT molecular complexity index is 478. The molecule has 1 N–H and O–H groups in total. The third kappa shape index (κ3) is 2.83. The van der Waals surface area contributed by atoms with Crippen molar-refractivity contribution < 1.29 is 23.1 Å². The summed E-state index contributed by atoms with van der Waals surface area (Å²) in [7, 11) is 0. The number of phenolic OH excluding ortho intramolecular Hbond substituents is 1. The molecule has 0 spiro atoms. The van der Waals surface area contributed by atoms with Crippen LogP contribution in [0.5, 0.6) is 5.75 Å². The first-order valence-electron chi connectivity index (χ1n) is 5.96. The zero-order valence-electron chi connectivity index (χ0n) is 10.4. The fourth-order valence-electron chi connectivity index (χ4n) is 2.27. The Balaban J connectivity index is 2.20. The monoisotopic (exact) mass is 273 g/mol. The second-order valence-corrected chi connectivity index (χ2v) is 4.70. The van der Waals surface area contributed by atoms with Crippen LogP contribution in [-0.4, -0.2) is 35.2 Å². The van der Waals surface area contributed by atoms with Crippen molar-refractivity contribution in [2.24, 2.45) is 0 Å². The highest BCUT2D eigenvalue weighted by Crippen LogP contribution is 2.26. The van der Waals surface area contributed by atoms with E-state index in [1.54, 1.807) is 19.1 Å². The Morgan fingerprint density at radius 2 is 1.74 bits per heavy atom. The summed E-state index contributed by atoms with van der Waals surface area (Å²) in [6.07, 6.45) is -4.13. The molecule has 1 aliphatic heterocycles. The Morgan fingerprint density at radius 3 is 2.26 bits per heavy atom. The Labute approximate surface area is 108 Å². The summed E-state index contributed by atoms with van der Waals surface area (Å²) in [5, 5.41) is 9.61. The van der Waals surface area contributed by atoms with Crippen molar-refractivity contribution in [2.75, 3.05) is 13.1 Å². The number of halogens is 3. The Morgan fingerprint density at radius 1 is 1.21 bits per heavy atom. The molecule has 19 heavy (non-hydrogen) atoms. The molecule has 6 heteroatoms. The van der Waals surface area contributed by atoms with Crippen molar-refractivity contribution in [3.63, 3.8) is 0 Å². The van der Waals surface area contributed by atoms with Crippen molar-refractivity contribution >= 4 is 5.91 Å². The van der Waals surface area contributed by atoms with Crippen molar-refractivity contribution in [3.05, 3.63) is 28.8 Å². The quantitative estimate of drug-likeness (QED) is 0.787. The fraction of sp³-hybridized carbons (Fsp3) is 0.462. The maximum Gasteiger partial charge on any atom is 0.471 e. The van der Waals surface area contributed by atoms with Crippen LogP contribution in [0.2, 0.25) is 0 Å². The molecule has 0 radical (unpaired) electrons. The number of hydrogen-bond donors (Lipinski definition) is 1. The van der Waals surface area contributed by atoms with E-state index in [0.29, 0.717) is 18.4 Å². The standard InChI is InChI=1S/C13H14F3NO2/c1-8-6-9-2-4-17(12(19)13(14,15)16)5-3-10(9)7-11(8)18/h6-7,18H,2-5H2,1H3. The van der Waals surface area contributed by atoms with Gasteiger partial charge in [-0.25, -0.2) is 0 Å². The summed E-state index contributed by atoms with van der Waals surface area (Å²) in [5.41, 5.74) is 2.39. The predicted octanol–water partition coefficient (Wildman–Crippen LogP) is 2.19. The number of carbonyl (C=O) groups is 1. The van der Waals surface area contributed by atoms with Crippen LogP contribution in [0.25, 0.3) is 0 Å². The topological polar surface area (TPSA) is 40.5 Å². The van der Waals surface area contributed by atoms with E-state index in [0.717, 1.165) is 16.0 Å². The van der Waals surface area contributed by atoms with E-state index in [4.69, 9.17) is 0 Å². The molecule has 0 atom stereocenters. The molecule has 0 fully saturated rings. The van der Waals surface area contributed by atoms with Gasteiger partial charge in [-0.1, -0.05) is 6.07 Å². The number of rotatable bonds is 0. The average Bonchev–Trinajstić information content (AvgIpc) is 2.50. The van der Waals surface area contributed by atoms with E-state index in [1.165, 1.54) is 0 Å². The van der Waals surface area contributed by atoms with Gasteiger partial charge in [0.2, 0.25) is 0 Å². The smallest absolute Gasteiger partial charge is 0.471 e. The van der Waals surface area contributed by atoms with Crippen LogP contribution in [0.3, 0.4) is 0 Å². The maximum absolute atomic E-state index is 12.4. The Hall–Kier alpha value is -1.72. The minimum Gasteiger partial charge on any atom is -0.508 e. The van der Waals surface area contributed by atoms with Crippen LogP contribution in [0, 0.1) is 6.92 Å². The molecule has 0 saturated heterocycles. The second-order valence-electron chi connectivity index (χ2n) is 4.70. The minimum absolute atomic E-state index is 0.0217. The lowest BCUT2D eigenvalue weighted by Crippen LogP contribution is -2.42. The lowest BCUT2D eigenvalue weighted by molar-refractivity contribution is -0.185. The van der Waals surface area contributed by atoms with Gasteiger partial charge in [0.05, 0.1) is 0 Å². The molecule has 1 aromatic carbocycles. The van der Waals surface area contributed by atoms with Gasteiger partial charge in [0.1, 0.15) is 5.75 Å². The van der Waals surface area contributed by atoms with Crippen LogP contribution in [0.4, 0.5) is 13.2 Å². The number of hydrogen-bond acceptors (Lipinski definition) is 2. The average molecular weight is 273 g/mol. The maximum atomic E-state index is 12.4. The number of aryl methyl sites for hydroxylation is 1. The summed E-state index contributed by atoms with van der Waals surface area (Å²) in [6, 6.07) is 3.35. The molecule has 1 aromatic rings. The molecule has 104 valence electrons. The number of fused-ring (bicyclic) bond motifs is 1. The summed E-state index contributed by atoms with van der Waals surface area (Å²) in [6.45, 7) is 1.81. The van der Waals surface area contributed by atoms with Gasteiger partial charge >= 0.3 is 12.1 Å². The summed E-state index contributed by atoms with van der Waals surface area (Å²) in [5.74, 6) is -1.66. The number of amides is 1. The van der Waals surface area contributed by atoms with E-state index in [9.17, 15) is 23.1 Å². The van der Waals surface area contributed by atoms with Crippen molar-refractivity contribution in [1.29, 1.82) is 0 Å². The third-order valence-corrected chi connectivity index (χ3v) is 3.35. The second kappa shape index (κ2) is 4.75. The van der Waals surface area contributed by atoms with Crippen LogP contribution < -0.4 is 0 Å². The fourth-order valence-corrected chi connectivity index (χ4v) is 2.27. The molecular formula is C13H14F3NO2. The molecule has 1 heterocycles. The number of carbonyl (C=O) groups excluding carboxylic acids is 1. The number of benzene rings is 1.